The van der Waals surface area contributed by atoms with Crippen molar-refractivity contribution in [3.05, 3.63) is 34.5 Å². The lowest BCUT2D eigenvalue weighted by Gasteiger charge is -2.32. The molecule has 7 heteroatoms. The van der Waals surface area contributed by atoms with Crippen molar-refractivity contribution in [3.8, 4) is 17.2 Å². The number of rotatable bonds is 6. The first-order valence-electron chi connectivity index (χ1n) is 10.1. The van der Waals surface area contributed by atoms with E-state index in [1.165, 1.54) is 34.9 Å². The van der Waals surface area contributed by atoms with Crippen LogP contribution in [-0.2, 0) is 14.3 Å². The summed E-state index contributed by atoms with van der Waals surface area (Å²) in [5, 5.41) is 0. The highest BCUT2D eigenvalue weighted by Gasteiger charge is 2.40. The Morgan fingerprint density at radius 3 is 2.10 bits per heavy atom. The predicted octanol–water partition coefficient (Wildman–Crippen LogP) is 3.72. The van der Waals surface area contributed by atoms with Gasteiger partial charge in [-0.05, 0) is 43.5 Å². The van der Waals surface area contributed by atoms with Crippen LogP contribution in [0, 0.1) is 0 Å². The van der Waals surface area contributed by atoms with E-state index in [1.54, 1.807) is 23.1 Å². The van der Waals surface area contributed by atoms with Crippen molar-refractivity contribution in [1.29, 1.82) is 0 Å². The van der Waals surface area contributed by atoms with Gasteiger partial charge in [0.05, 0.1) is 39.6 Å². The molecular formula is C23H29NO6. The van der Waals surface area contributed by atoms with Gasteiger partial charge in [-0.2, -0.15) is 0 Å². The molecule has 0 spiro atoms. The molecule has 0 radical (unpaired) electrons. The third-order valence-corrected chi connectivity index (χ3v) is 5.77. The Bertz CT molecular complexity index is 870. The second-order valence-corrected chi connectivity index (χ2v) is 7.44. The highest BCUT2D eigenvalue weighted by molar-refractivity contribution is 6.16. The summed E-state index contributed by atoms with van der Waals surface area (Å²) >= 11 is 0. The first kappa shape index (κ1) is 21.7. The molecular weight excluding hydrogens is 386 g/mol. The number of hydrogen-bond acceptors (Lipinski definition) is 6. The van der Waals surface area contributed by atoms with Crippen LogP contribution in [0.1, 0.15) is 44.6 Å². The third kappa shape index (κ3) is 3.88. The van der Waals surface area contributed by atoms with Crippen LogP contribution in [0.15, 0.2) is 29.0 Å². The summed E-state index contributed by atoms with van der Waals surface area (Å²) in [6.07, 6.45) is 6.91. The summed E-state index contributed by atoms with van der Waals surface area (Å²) in [5.41, 5.74) is 1.94. The molecule has 0 saturated heterocycles. The van der Waals surface area contributed by atoms with Crippen LogP contribution < -0.4 is 14.2 Å². The molecule has 1 saturated carbocycles. The summed E-state index contributed by atoms with van der Waals surface area (Å²) in [6, 6.07) is 3.60. The first-order chi connectivity index (χ1) is 14.5. The Balaban J connectivity index is 2.10. The molecule has 1 aliphatic carbocycles. The summed E-state index contributed by atoms with van der Waals surface area (Å²) in [7, 11) is 5.92. The highest BCUT2D eigenvalue weighted by atomic mass is 16.5. The number of benzene rings is 1. The van der Waals surface area contributed by atoms with Crippen molar-refractivity contribution in [2.75, 3.05) is 28.4 Å². The average molecular weight is 415 g/mol. The van der Waals surface area contributed by atoms with E-state index in [2.05, 4.69) is 0 Å². The quantitative estimate of drug-likeness (QED) is 0.521. The number of hydrogen-bond donors (Lipinski definition) is 0. The Kier molecular flexibility index (Phi) is 6.70. The molecule has 1 heterocycles. The summed E-state index contributed by atoms with van der Waals surface area (Å²) in [5.74, 6) is 0.715. The molecule has 0 aromatic heterocycles. The lowest BCUT2D eigenvalue weighted by molar-refractivity contribution is -0.136. The number of esters is 1. The van der Waals surface area contributed by atoms with Gasteiger partial charge in [-0.25, -0.2) is 4.79 Å². The zero-order chi connectivity index (χ0) is 21.8. The highest BCUT2D eigenvalue weighted by Crippen LogP contribution is 2.41. The van der Waals surface area contributed by atoms with Gasteiger partial charge in [-0.15, -0.1) is 0 Å². The Labute approximate surface area is 177 Å². The lowest BCUT2D eigenvalue weighted by Crippen LogP contribution is -2.37. The predicted molar refractivity (Wildman–Crippen MR) is 113 cm³/mol. The number of ether oxygens (including phenoxy) is 4. The molecule has 1 aromatic carbocycles. The smallest absolute Gasteiger partial charge is 0.340 e. The van der Waals surface area contributed by atoms with Crippen LogP contribution in [0.4, 0.5) is 0 Å². The van der Waals surface area contributed by atoms with Crippen LogP contribution in [0.3, 0.4) is 0 Å². The van der Waals surface area contributed by atoms with Crippen molar-refractivity contribution in [1.82, 2.24) is 4.90 Å². The molecule has 1 fully saturated rings. The molecule has 0 unspecified atom stereocenters. The zero-order valence-corrected chi connectivity index (χ0v) is 18.2. The monoisotopic (exact) mass is 415 g/mol. The van der Waals surface area contributed by atoms with Crippen LogP contribution in [0.2, 0.25) is 0 Å². The van der Waals surface area contributed by atoms with Gasteiger partial charge in [0.1, 0.15) is 0 Å². The molecule has 7 nitrogen and oxygen atoms in total. The van der Waals surface area contributed by atoms with E-state index >= 15 is 0 Å². The van der Waals surface area contributed by atoms with Gasteiger partial charge in [-0.3, -0.25) is 4.79 Å². The minimum atomic E-state index is -0.516. The maximum absolute atomic E-state index is 13.4. The minimum Gasteiger partial charge on any atom is -0.493 e. The Morgan fingerprint density at radius 2 is 1.60 bits per heavy atom. The molecule has 0 N–H and O–H groups in total. The number of carbonyl (C=O) groups is 2. The fourth-order valence-corrected chi connectivity index (χ4v) is 4.33. The number of methoxy groups -OCH3 is 4. The molecule has 30 heavy (non-hydrogen) atoms. The van der Waals surface area contributed by atoms with E-state index in [-0.39, 0.29) is 11.9 Å². The molecule has 1 aliphatic heterocycles. The lowest BCUT2D eigenvalue weighted by atomic mass is 9.94. The van der Waals surface area contributed by atoms with Crippen LogP contribution >= 0.6 is 0 Å². The van der Waals surface area contributed by atoms with Gasteiger partial charge >= 0.3 is 5.97 Å². The third-order valence-electron chi connectivity index (χ3n) is 5.77. The van der Waals surface area contributed by atoms with Gasteiger partial charge in [0.15, 0.2) is 11.5 Å². The normalized spacial score (nSPS) is 18.8. The SMILES string of the molecule is COC(=O)C1=C(C)N(C2CCCCC2)C(=O)C1=Cc1cc(OC)c(OC)c(OC)c1. The molecule has 2 aliphatic rings. The van der Waals surface area contributed by atoms with Gasteiger partial charge in [0, 0.05) is 11.7 Å². The molecule has 0 atom stereocenters. The fraction of sp³-hybridized carbons (Fsp3) is 0.478. The molecule has 1 amide bonds. The van der Waals surface area contributed by atoms with Gasteiger partial charge < -0.3 is 23.8 Å². The first-order valence-corrected chi connectivity index (χ1v) is 10.1. The average Bonchev–Trinajstić information content (AvgIpc) is 3.02. The van der Waals surface area contributed by atoms with Crippen LogP contribution in [-0.4, -0.2) is 51.3 Å². The van der Waals surface area contributed by atoms with Crippen molar-refractivity contribution >= 4 is 18.0 Å². The molecule has 1 aromatic rings. The zero-order valence-electron chi connectivity index (χ0n) is 18.2. The Morgan fingerprint density at radius 1 is 1.00 bits per heavy atom. The second-order valence-electron chi connectivity index (χ2n) is 7.44. The van der Waals surface area contributed by atoms with E-state index in [9.17, 15) is 9.59 Å². The minimum absolute atomic E-state index is 0.108. The van der Waals surface area contributed by atoms with E-state index in [0.717, 1.165) is 25.7 Å². The Hall–Kier alpha value is -2.96. The number of nitrogens with zero attached hydrogens (tertiary/aromatic N) is 1. The van der Waals surface area contributed by atoms with Gasteiger partial charge in [0.25, 0.3) is 5.91 Å². The van der Waals surface area contributed by atoms with E-state index < -0.39 is 5.97 Å². The van der Waals surface area contributed by atoms with Crippen molar-refractivity contribution in [2.45, 2.75) is 45.1 Å². The summed E-state index contributed by atoms with van der Waals surface area (Å²) in [6.45, 7) is 1.81. The fourth-order valence-electron chi connectivity index (χ4n) is 4.33. The van der Waals surface area contributed by atoms with Crippen molar-refractivity contribution in [3.63, 3.8) is 0 Å². The topological polar surface area (TPSA) is 74.3 Å². The van der Waals surface area contributed by atoms with Gasteiger partial charge in [-0.1, -0.05) is 19.3 Å². The summed E-state index contributed by atoms with van der Waals surface area (Å²) in [4.78, 5) is 27.8. The van der Waals surface area contributed by atoms with Crippen LogP contribution in [0.5, 0.6) is 17.2 Å². The maximum Gasteiger partial charge on any atom is 0.340 e. The van der Waals surface area contributed by atoms with Gasteiger partial charge in [0.2, 0.25) is 5.75 Å². The summed E-state index contributed by atoms with van der Waals surface area (Å²) < 4.78 is 21.2. The second kappa shape index (κ2) is 9.24. The number of amides is 1. The number of carbonyl (C=O) groups excluding carboxylic acids is 2. The van der Waals surface area contributed by atoms with E-state index in [1.807, 2.05) is 6.92 Å². The van der Waals surface area contributed by atoms with E-state index in [0.29, 0.717) is 39.7 Å². The van der Waals surface area contributed by atoms with Crippen molar-refractivity contribution < 1.29 is 28.5 Å². The van der Waals surface area contributed by atoms with Crippen molar-refractivity contribution in [2.24, 2.45) is 0 Å². The standard InChI is InChI=1S/C23H29NO6/c1-14-20(23(26)30-5)17(22(25)24(14)16-9-7-6-8-10-16)11-15-12-18(27-2)21(29-4)19(13-15)28-3/h11-13,16H,6-10H2,1-5H3. The maximum atomic E-state index is 13.4. The largest absolute Gasteiger partial charge is 0.493 e. The molecule has 3 rings (SSSR count). The van der Waals surface area contributed by atoms with Crippen LogP contribution in [0.25, 0.3) is 6.08 Å². The molecule has 162 valence electrons. The van der Waals surface area contributed by atoms with E-state index in [4.69, 9.17) is 18.9 Å². The number of allylic oxidation sites excluding steroid dienone is 1. The molecule has 0 bridgehead atoms.